The normalized spacial score (nSPS) is 21.4. The summed E-state index contributed by atoms with van der Waals surface area (Å²) in [5.74, 6) is -0.0679. The Morgan fingerprint density at radius 1 is 1.76 bits per heavy atom. The fourth-order valence-corrected chi connectivity index (χ4v) is 2.72. The number of thiazole rings is 1. The molecule has 1 aromatic rings. The van der Waals surface area contributed by atoms with Crippen molar-refractivity contribution < 1.29 is 4.79 Å². The van der Waals surface area contributed by atoms with Gasteiger partial charge in [-0.15, -0.1) is 11.3 Å². The second-order valence-corrected chi connectivity index (χ2v) is 5.27. The Hall–Kier alpha value is -0.980. The number of rotatable bonds is 3. The zero-order valence-electron chi connectivity index (χ0n) is 10.2. The van der Waals surface area contributed by atoms with Crippen LogP contribution in [0.1, 0.15) is 19.5 Å². The quantitative estimate of drug-likeness (QED) is 0.841. The van der Waals surface area contributed by atoms with Crippen molar-refractivity contribution in [2.45, 2.75) is 26.4 Å². The van der Waals surface area contributed by atoms with Gasteiger partial charge in [0.25, 0.3) is 0 Å². The Morgan fingerprint density at radius 2 is 2.59 bits per heavy atom. The second-order valence-electron chi connectivity index (χ2n) is 4.42. The average Bonchev–Trinajstić information content (AvgIpc) is 2.64. The van der Waals surface area contributed by atoms with Crippen LogP contribution in [0, 0.1) is 0 Å². The molecule has 1 fully saturated rings. The first-order valence-electron chi connectivity index (χ1n) is 5.81. The Kier molecular flexibility index (Phi) is 4.09. The van der Waals surface area contributed by atoms with E-state index < -0.39 is 0 Å². The summed E-state index contributed by atoms with van der Waals surface area (Å²) in [4.78, 5) is 17.7. The van der Waals surface area contributed by atoms with Gasteiger partial charge in [-0.05, 0) is 6.92 Å². The Morgan fingerprint density at radius 3 is 3.29 bits per heavy atom. The molecule has 0 radical (unpaired) electrons. The number of aromatic nitrogens is 1. The van der Waals surface area contributed by atoms with Crippen molar-refractivity contribution in [2.24, 2.45) is 0 Å². The molecular weight excluding hydrogens is 236 g/mol. The minimum atomic E-state index is -0.0679. The fraction of sp³-hybridized carbons (Fsp3) is 0.636. The van der Waals surface area contributed by atoms with Crippen LogP contribution in [-0.2, 0) is 11.3 Å². The molecule has 1 amide bonds. The summed E-state index contributed by atoms with van der Waals surface area (Å²) in [6.07, 6.45) is 0. The van der Waals surface area contributed by atoms with Crippen LogP contribution in [0.15, 0.2) is 5.38 Å². The van der Waals surface area contributed by atoms with Crippen molar-refractivity contribution in [3.05, 3.63) is 11.1 Å². The number of hydrogen-bond acceptors (Lipinski definition) is 5. The zero-order valence-corrected chi connectivity index (χ0v) is 11.0. The van der Waals surface area contributed by atoms with E-state index in [0.717, 1.165) is 31.9 Å². The van der Waals surface area contributed by atoms with Gasteiger partial charge in [-0.25, -0.2) is 4.98 Å². The molecule has 1 atom stereocenters. The first kappa shape index (κ1) is 12.5. The minimum Gasteiger partial charge on any atom is -0.312 e. The molecule has 0 aliphatic carbocycles. The van der Waals surface area contributed by atoms with Gasteiger partial charge in [0.15, 0.2) is 5.13 Å². The van der Waals surface area contributed by atoms with Crippen LogP contribution in [-0.4, -0.2) is 41.5 Å². The van der Waals surface area contributed by atoms with Crippen LogP contribution < -0.4 is 10.6 Å². The van der Waals surface area contributed by atoms with Crippen molar-refractivity contribution in [1.29, 1.82) is 0 Å². The van der Waals surface area contributed by atoms with E-state index in [0.29, 0.717) is 11.2 Å². The van der Waals surface area contributed by atoms with Crippen LogP contribution in [0.2, 0.25) is 0 Å². The van der Waals surface area contributed by atoms with Crippen molar-refractivity contribution in [2.75, 3.05) is 25.0 Å². The van der Waals surface area contributed by atoms with Crippen LogP contribution in [0.25, 0.3) is 0 Å². The zero-order chi connectivity index (χ0) is 12.3. The summed E-state index contributed by atoms with van der Waals surface area (Å²) in [7, 11) is 0. The first-order valence-corrected chi connectivity index (χ1v) is 6.69. The van der Waals surface area contributed by atoms with Crippen molar-refractivity contribution >= 4 is 22.4 Å². The minimum absolute atomic E-state index is 0.0679. The standard InChI is InChI=1S/C11H18N4OS/c1-8-5-15(4-3-12-8)6-10-7-17-11(14-10)13-9(2)16/h7-8,12H,3-6H2,1-2H3,(H,13,14,16)/t8-/m0/s1. The van der Waals surface area contributed by atoms with E-state index in [4.69, 9.17) is 0 Å². The van der Waals surface area contributed by atoms with E-state index in [9.17, 15) is 4.79 Å². The molecule has 2 rings (SSSR count). The summed E-state index contributed by atoms with van der Waals surface area (Å²) in [5, 5.41) is 8.82. The second kappa shape index (κ2) is 5.57. The molecule has 1 aromatic heterocycles. The average molecular weight is 254 g/mol. The van der Waals surface area contributed by atoms with Gasteiger partial charge in [0.05, 0.1) is 5.69 Å². The first-order chi connectivity index (χ1) is 8.13. The topological polar surface area (TPSA) is 57.3 Å². The summed E-state index contributed by atoms with van der Waals surface area (Å²) in [6.45, 7) is 7.69. The van der Waals surface area contributed by atoms with Crippen LogP contribution >= 0.6 is 11.3 Å². The lowest BCUT2D eigenvalue weighted by Gasteiger charge is -2.31. The van der Waals surface area contributed by atoms with E-state index in [-0.39, 0.29) is 5.91 Å². The summed E-state index contributed by atoms with van der Waals surface area (Å²) in [6, 6.07) is 0.539. The van der Waals surface area contributed by atoms with E-state index >= 15 is 0 Å². The van der Waals surface area contributed by atoms with Gasteiger partial charge < -0.3 is 10.6 Å². The predicted octanol–water partition coefficient (Wildman–Crippen LogP) is 0.895. The highest BCUT2D eigenvalue weighted by atomic mass is 32.1. The SMILES string of the molecule is CC(=O)Nc1nc(CN2CCN[C@@H](C)C2)cs1. The lowest BCUT2D eigenvalue weighted by molar-refractivity contribution is -0.114. The molecule has 6 heteroatoms. The Labute approximate surface area is 105 Å². The van der Waals surface area contributed by atoms with Crippen LogP contribution in [0.5, 0.6) is 0 Å². The highest BCUT2D eigenvalue weighted by molar-refractivity contribution is 7.13. The van der Waals surface area contributed by atoms with Crippen molar-refractivity contribution in [1.82, 2.24) is 15.2 Å². The molecule has 2 heterocycles. The molecule has 0 unspecified atom stereocenters. The maximum Gasteiger partial charge on any atom is 0.223 e. The fourth-order valence-electron chi connectivity index (χ4n) is 1.97. The van der Waals surface area contributed by atoms with E-state index in [2.05, 4.69) is 27.4 Å². The number of amides is 1. The van der Waals surface area contributed by atoms with E-state index in [1.165, 1.54) is 18.3 Å². The summed E-state index contributed by atoms with van der Waals surface area (Å²) in [5.41, 5.74) is 1.04. The predicted molar refractivity (Wildman–Crippen MR) is 69.2 cm³/mol. The molecule has 94 valence electrons. The van der Waals surface area contributed by atoms with Gasteiger partial charge in [0, 0.05) is 44.5 Å². The van der Waals surface area contributed by atoms with Gasteiger partial charge >= 0.3 is 0 Å². The largest absolute Gasteiger partial charge is 0.312 e. The van der Waals surface area contributed by atoms with Crippen LogP contribution in [0.4, 0.5) is 5.13 Å². The number of anilines is 1. The third kappa shape index (κ3) is 3.76. The highest BCUT2D eigenvalue weighted by Gasteiger charge is 2.16. The van der Waals surface area contributed by atoms with Gasteiger partial charge in [0.1, 0.15) is 0 Å². The molecule has 0 spiro atoms. The number of nitrogens with zero attached hydrogens (tertiary/aromatic N) is 2. The summed E-state index contributed by atoms with van der Waals surface area (Å²) >= 11 is 1.48. The monoisotopic (exact) mass is 254 g/mol. The Bertz CT molecular complexity index is 393. The van der Waals surface area contributed by atoms with Crippen molar-refractivity contribution in [3.8, 4) is 0 Å². The maximum atomic E-state index is 10.9. The highest BCUT2D eigenvalue weighted by Crippen LogP contribution is 2.17. The molecule has 1 aliphatic heterocycles. The maximum absolute atomic E-state index is 10.9. The van der Waals surface area contributed by atoms with Crippen LogP contribution in [0.3, 0.4) is 0 Å². The number of hydrogen-bond donors (Lipinski definition) is 2. The molecule has 5 nitrogen and oxygen atoms in total. The van der Waals surface area contributed by atoms with E-state index in [1.54, 1.807) is 0 Å². The van der Waals surface area contributed by atoms with Crippen molar-refractivity contribution in [3.63, 3.8) is 0 Å². The molecule has 0 aromatic carbocycles. The Balaban J connectivity index is 1.89. The van der Waals surface area contributed by atoms with Gasteiger partial charge in [-0.2, -0.15) is 0 Å². The van der Waals surface area contributed by atoms with E-state index in [1.807, 2.05) is 5.38 Å². The summed E-state index contributed by atoms with van der Waals surface area (Å²) < 4.78 is 0. The van der Waals surface area contributed by atoms with Gasteiger partial charge in [0.2, 0.25) is 5.91 Å². The lowest BCUT2D eigenvalue weighted by atomic mass is 10.2. The molecule has 0 saturated carbocycles. The molecule has 1 aliphatic rings. The lowest BCUT2D eigenvalue weighted by Crippen LogP contribution is -2.48. The number of nitrogens with one attached hydrogen (secondary N) is 2. The smallest absolute Gasteiger partial charge is 0.223 e. The number of piperazine rings is 1. The van der Waals surface area contributed by atoms with Gasteiger partial charge in [-0.3, -0.25) is 9.69 Å². The third-order valence-electron chi connectivity index (χ3n) is 2.67. The molecule has 0 bridgehead atoms. The third-order valence-corrected chi connectivity index (χ3v) is 3.48. The number of carbonyl (C=O) groups excluding carboxylic acids is 1. The molecule has 1 saturated heterocycles. The van der Waals surface area contributed by atoms with Gasteiger partial charge in [-0.1, -0.05) is 0 Å². The number of carbonyl (C=O) groups is 1. The molecule has 2 N–H and O–H groups in total. The molecule has 17 heavy (non-hydrogen) atoms. The molecular formula is C11H18N4OS.